The molecule has 2 heterocycles. The molecular weight excluding hydrogens is 198 g/mol. The minimum Gasteiger partial charge on any atom is -0.388 e. The number of aromatic nitrogens is 5. The maximum Gasteiger partial charge on any atom is 0.228 e. The van der Waals surface area contributed by atoms with Crippen molar-refractivity contribution in [3.05, 3.63) is 23.9 Å². The lowest BCUT2D eigenvalue weighted by molar-refractivity contribution is 0.263. The summed E-state index contributed by atoms with van der Waals surface area (Å²) >= 11 is 0. The van der Waals surface area contributed by atoms with E-state index in [0.29, 0.717) is 30.5 Å². The molecule has 0 aliphatic carbocycles. The summed E-state index contributed by atoms with van der Waals surface area (Å²) in [5.74, 6) is 1.73. The average molecular weight is 209 g/mol. The number of aliphatic hydroxyl groups excluding tert-OH is 1. The highest BCUT2D eigenvalue weighted by molar-refractivity contribution is 4.86. The zero-order valence-electron chi connectivity index (χ0n) is 8.29. The van der Waals surface area contributed by atoms with Crippen molar-refractivity contribution in [2.45, 2.75) is 26.5 Å². The SMILES string of the molecule is Cc1noc(CCn2cnnc2CO)n1. The van der Waals surface area contributed by atoms with E-state index in [1.165, 1.54) is 0 Å². The fourth-order valence-electron chi connectivity index (χ4n) is 1.25. The van der Waals surface area contributed by atoms with E-state index in [9.17, 15) is 0 Å². The second-order valence-corrected chi connectivity index (χ2v) is 3.08. The van der Waals surface area contributed by atoms with Gasteiger partial charge in [0.2, 0.25) is 5.89 Å². The van der Waals surface area contributed by atoms with Crippen LogP contribution in [0.15, 0.2) is 10.9 Å². The molecule has 0 bridgehead atoms. The summed E-state index contributed by atoms with van der Waals surface area (Å²) in [6.07, 6.45) is 2.17. The number of nitrogens with zero attached hydrogens (tertiary/aromatic N) is 5. The van der Waals surface area contributed by atoms with Gasteiger partial charge in [-0.05, 0) is 6.92 Å². The molecular formula is C8H11N5O2. The fraction of sp³-hybridized carbons (Fsp3) is 0.500. The van der Waals surface area contributed by atoms with Gasteiger partial charge in [0, 0.05) is 13.0 Å². The lowest BCUT2D eigenvalue weighted by Crippen LogP contribution is -2.05. The van der Waals surface area contributed by atoms with E-state index in [2.05, 4.69) is 20.3 Å². The van der Waals surface area contributed by atoms with Gasteiger partial charge in [-0.25, -0.2) is 0 Å². The van der Waals surface area contributed by atoms with Gasteiger partial charge in [0.1, 0.15) is 12.9 Å². The minimum atomic E-state index is -0.122. The quantitative estimate of drug-likeness (QED) is 0.743. The third kappa shape index (κ3) is 2.18. The number of hydrogen-bond acceptors (Lipinski definition) is 6. The first-order valence-corrected chi connectivity index (χ1v) is 4.56. The standard InChI is InChI=1S/C8H11N5O2/c1-6-10-8(15-12-6)2-3-13-5-9-11-7(13)4-14/h5,14H,2-4H2,1H3. The fourth-order valence-corrected chi connectivity index (χ4v) is 1.25. The van der Waals surface area contributed by atoms with Crippen molar-refractivity contribution in [1.29, 1.82) is 0 Å². The third-order valence-corrected chi connectivity index (χ3v) is 1.97. The molecule has 7 heteroatoms. The second-order valence-electron chi connectivity index (χ2n) is 3.08. The monoisotopic (exact) mass is 209 g/mol. The van der Waals surface area contributed by atoms with E-state index in [1.807, 2.05) is 0 Å². The molecule has 2 aromatic heterocycles. The zero-order chi connectivity index (χ0) is 10.7. The summed E-state index contributed by atoms with van der Waals surface area (Å²) in [5, 5.41) is 20.1. The van der Waals surface area contributed by atoms with Crippen LogP contribution in [0.1, 0.15) is 17.5 Å². The van der Waals surface area contributed by atoms with Crippen molar-refractivity contribution in [2.75, 3.05) is 0 Å². The van der Waals surface area contributed by atoms with E-state index >= 15 is 0 Å². The Morgan fingerprint density at radius 2 is 2.40 bits per heavy atom. The van der Waals surface area contributed by atoms with Crippen molar-refractivity contribution in [1.82, 2.24) is 24.9 Å². The molecule has 2 rings (SSSR count). The van der Waals surface area contributed by atoms with Gasteiger partial charge in [-0.2, -0.15) is 4.98 Å². The van der Waals surface area contributed by atoms with Crippen LogP contribution >= 0.6 is 0 Å². The van der Waals surface area contributed by atoms with Gasteiger partial charge in [0.15, 0.2) is 11.6 Å². The summed E-state index contributed by atoms with van der Waals surface area (Å²) in [4.78, 5) is 4.07. The van der Waals surface area contributed by atoms with Crippen molar-refractivity contribution in [3.63, 3.8) is 0 Å². The third-order valence-electron chi connectivity index (χ3n) is 1.97. The molecule has 7 nitrogen and oxygen atoms in total. The van der Waals surface area contributed by atoms with Crippen LogP contribution in [0.2, 0.25) is 0 Å². The van der Waals surface area contributed by atoms with Crippen LogP contribution in [0.3, 0.4) is 0 Å². The topological polar surface area (TPSA) is 89.9 Å². The van der Waals surface area contributed by atoms with Gasteiger partial charge < -0.3 is 14.2 Å². The Balaban J connectivity index is 1.98. The smallest absolute Gasteiger partial charge is 0.228 e. The Bertz CT molecular complexity index is 436. The van der Waals surface area contributed by atoms with E-state index in [1.54, 1.807) is 17.8 Å². The molecule has 0 saturated carbocycles. The largest absolute Gasteiger partial charge is 0.388 e. The van der Waals surface area contributed by atoms with Gasteiger partial charge in [-0.1, -0.05) is 5.16 Å². The Hall–Kier alpha value is -1.76. The summed E-state index contributed by atoms with van der Waals surface area (Å²) in [5.41, 5.74) is 0. The molecule has 0 saturated heterocycles. The van der Waals surface area contributed by atoms with Gasteiger partial charge >= 0.3 is 0 Å². The Kier molecular flexibility index (Phi) is 2.72. The molecule has 0 amide bonds. The number of aliphatic hydroxyl groups is 1. The normalized spacial score (nSPS) is 10.8. The summed E-state index contributed by atoms with van der Waals surface area (Å²) in [6.45, 7) is 2.26. The van der Waals surface area contributed by atoms with Crippen molar-refractivity contribution >= 4 is 0 Å². The van der Waals surface area contributed by atoms with Crippen molar-refractivity contribution in [2.24, 2.45) is 0 Å². The number of rotatable bonds is 4. The minimum absolute atomic E-state index is 0.122. The molecule has 0 aromatic carbocycles. The van der Waals surface area contributed by atoms with Crippen LogP contribution in [0, 0.1) is 6.92 Å². The lowest BCUT2D eigenvalue weighted by Gasteiger charge is -2.00. The van der Waals surface area contributed by atoms with Crippen LogP contribution < -0.4 is 0 Å². The molecule has 0 fully saturated rings. The van der Waals surface area contributed by atoms with Gasteiger partial charge in [-0.15, -0.1) is 10.2 Å². The van der Waals surface area contributed by atoms with E-state index < -0.39 is 0 Å². The first-order valence-electron chi connectivity index (χ1n) is 4.56. The van der Waals surface area contributed by atoms with E-state index in [0.717, 1.165) is 0 Å². The maximum atomic E-state index is 8.93. The molecule has 15 heavy (non-hydrogen) atoms. The van der Waals surface area contributed by atoms with E-state index in [-0.39, 0.29) is 6.61 Å². The highest BCUT2D eigenvalue weighted by atomic mass is 16.5. The highest BCUT2D eigenvalue weighted by Gasteiger charge is 2.06. The molecule has 0 aliphatic heterocycles. The first-order chi connectivity index (χ1) is 7.29. The van der Waals surface area contributed by atoms with Gasteiger partial charge in [-0.3, -0.25) is 0 Å². The van der Waals surface area contributed by atoms with Gasteiger partial charge in [0.25, 0.3) is 0 Å². The first kappa shape index (κ1) is 9.78. The number of aryl methyl sites for hydroxylation is 3. The van der Waals surface area contributed by atoms with Gasteiger partial charge in [0.05, 0.1) is 0 Å². The highest BCUT2D eigenvalue weighted by Crippen LogP contribution is 2.01. The molecule has 0 radical (unpaired) electrons. The zero-order valence-corrected chi connectivity index (χ0v) is 8.29. The average Bonchev–Trinajstić information content (AvgIpc) is 2.83. The van der Waals surface area contributed by atoms with Crippen LogP contribution in [0.4, 0.5) is 0 Å². The van der Waals surface area contributed by atoms with Crippen LogP contribution in [0.5, 0.6) is 0 Å². The Morgan fingerprint density at radius 3 is 3.07 bits per heavy atom. The second kappa shape index (κ2) is 4.18. The number of hydrogen-bond donors (Lipinski definition) is 1. The van der Waals surface area contributed by atoms with Crippen LogP contribution in [-0.4, -0.2) is 30.0 Å². The van der Waals surface area contributed by atoms with Crippen LogP contribution in [0.25, 0.3) is 0 Å². The molecule has 0 aliphatic rings. The molecule has 1 N–H and O–H groups in total. The predicted molar refractivity (Wildman–Crippen MR) is 48.7 cm³/mol. The maximum absolute atomic E-state index is 8.93. The lowest BCUT2D eigenvalue weighted by atomic mass is 10.4. The van der Waals surface area contributed by atoms with Crippen LogP contribution in [-0.2, 0) is 19.6 Å². The Morgan fingerprint density at radius 1 is 1.53 bits per heavy atom. The van der Waals surface area contributed by atoms with Crippen molar-refractivity contribution in [3.8, 4) is 0 Å². The molecule has 2 aromatic rings. The summed E-state index contributed by atoms with van der Waals surface area (Å²) in [7, 11) is 0. The summed E-state index contributed by atoms with van der Waals surface area (Å²) < 4.78 is 6.71. The summed E-state index contributed by atoms with van der Waals surface area (Å²) in [6, 6.07) is 0. The Labute approximate surface area is 85.8 Å². The molecule has 0 atom stereocenters. The molecule has 0 unspecified atom stereocenters. The van der Waals surface area contributed by atoms with Crippen molar-refractivity contribution < 1.29 is 9.63 Å². The molecule has 80 valence electrons. The van der Waals surface area contributed by atoms with E-state index in [4.69, 9.17) is 9.63 Å². The molecule has 0 spiro atoms. The predicted octanol–water partition coefficient (Wildman–Crippen LogP) is -0.295.